The predicted octanol–water partition coefficient (Wildman–Crippen LogP) is 1.79. The molecule has 5 heteroatoms. The first-order valence-electron chi connectivity index (χ1n) is 5.28. The van der Waals surface area contributed by atoms with Crippen molar-refractivity contribution in [3.05, 3.63) is 41.5 Å². The number of methoxy groups -OCH3 is 1. The lowest BCUT2D eigenvalue weighted by molar-refractivity contribution is 0.415. The van der Waals surface area contributed by atoms with Gasteiger partial charge in [-0.1, -0.05) is 0 Å². The molecule has 0 saturated heterocycles. The molecular weight excluding hydrogens is 216 g/mol. The van der Waals surface area contributed by atoms with Crippen LogP contribution in [0.5, 0.6) is 5.75 Å². The van der Waals surface area contributed by atoms with Crippen molar-refractivity contribution in [3.63, 3.8) is 0 Å². The van der Waals surface area contributed by atoms with Crippen LogP contribution < -0.4 is 4.74 Å². The zero-order valence-electron chi connectivity index (χ0n) is 10.1. The second-order valence-electron chi connectivity index (χ2n) is 3.62. The lowest BCUT2D eigenvalue weighted by atomic mass is 10.2. The van der Waals surface area contributed by atoms with E-state index in [0.717, 1.165) is 23.0 Å². The van der Waals surface area contributed by atoms with Gasteiger partial charge in [0, 0.05) is 0 Å². The van der Waals surface area contributed by atoms with E-state index >= 15 is 0 Å². The fourth-order valence-electron chi connectivity index (χ4n) is 1.45. The molecule has 1 heterocycles. The molecule has 5 nitrogen and oxygen atoms in total. The van der Waals surface area contributed by atoms with Gasteiger partial charge in [-0.05, 0) is 43.7 Å². The van der Waals surface area contributed by atoms with Crippen LogP contribution in [0, 0.1) is 13.8 Å². The van der Waals surface area contributed by atoms with Gasteiger partial charge in [0.25, 0.3) is 0 Å². The van der Waals surface area contributed by atoms with Crippen LogP contribution in [-0.4, -0.2) is 28.2 Å². The van der Waals surface area contributed by atoms with E-state index in [4.69, 9.17) is 4.74 Å². The van der Waals surface area contributed by atoms with Gasteiger partial charge in [-0.15, -0.1) is 10.2 Å². The van der Waals surface area contributed by atoms with E-state index in [2.05, 4.69) is 15.3 Å². The molecule has 1 aromatic heterocycles. The number of benzene rings is 1. The van der Waals surface area contributed by atoms with E-state index < -0.39 is 0 Å². The minimum atomic E-state index is 0.771. The number of aryl methyl sites for hydroxylation is 2. The molecule has 0 atom stereocenters. The smallest absolute Gasteiger partial charge is 0.151 e. The standard InChI is InChI=1S/C12H14N4O/c1-9-14-15-10(2)16(9)13-8-11-4-6-12(17-3)7-5-11/h4-8H,1-3H3/b13-8+. The minimum Gasteiger partial charge on any atom is -0.497 e. The lowest BCUT2D eigenvalue weighted by Gasteiger charge is -2.00. The fourth-order valence-corrected chi connectivity index (χ4v) is 1.45. The van der Waals surface area contributed by atoms with Crippen LogP contribution >= 0.6 is 0 Å². The van der Waals surface area contributed by atoms with E-state index in [1.807, 2.05) is 38.1 Å². The van der Waals surface area contributed by atoms with Crippen molar-refractivity contribution >= 4 is 6.21 Å². The Morgan fingerprint density at radius 3 is 2.24 bits per heavy atom. The molecule has 17 heavy (non-hydrogen) atoms. The first-order chi connectivity index (χ1) is 8.20. The number of hydrogen-bond donors (Lipinski definition) is 0. The Kier molecular flexibility index (Phi) is 3.18. The molecular formula is C12H14N4O. The molecule has 0 unspecified atom stereocenters. The van der Waals surface area contributed by atoms with Gasteiger partial charge in [0.1, 0.15) is 5.75 Å². The molecule has 0 amide bonds. The number of ether oxygens (including phenoxy) is 1. The molecule has 2 aromatic rings. The van der Waals surface area contributed by atoms with Crippen LogP contribution in [-0.2, 0) is 0 Å². The molecule has 0 N–H and O–H groups in total. The van der Waals surface area contributed by atoms with E-state index in [0.29, 0.717) is 0 Å². The summed E-state index contributed by atoms with van der Waals surface area (Å²) in [4.78, 5) is 0. The summed E-state index contributed by atoms with van der Waals surface area (Å²) in [7, 11) is 1.65. The number of hydrogen-bond acceptors (Lipinski definition) is 4. The van der Waals surface area contributed by atoms with Gasteiger partial charge in [0.2, 0.25) is 0 Å². The minimum absolute atomic E-state index is 0.771. The zero-order valence-corrected chi connectivity index (χ0v) is 10.1. The summed E-state index contributed by atoms with van der Waals surface area (Å²) in [6.45, 7) is 3.73. The van der Waals surface area contributed by atoms with Crippen molar-refractivity contribution in [1.82, 2.24) is 14.9 Å². The average molecular weight is 230 g/mol. The Labute approximate surface area is 99.8 Å². The molecule has 0 fully saturated rings. The molecule has 0 aliphatic rings. The molecule has 2 rings (SSSR count). The summed E-state index contributed by atoms with van der Waals surface area (Å²) in [5.41, 5.74) is 0.998. The first-order valence-corrected chi connectivity index (χ1v) is 5.28. The van der Waals surface area contributed by atoms with Gasteiger partial charge in [0.15, 0.2) is 11.6 Å². The number of rotatable bonds is 3. The van der Waals surface area contributed by atoms with E-state index in [-0.39, 0.29) is 0 Å². The summed E-state index contributed by atoms with van der Waals surface area (Å²) < 4.78 is 6.79. The van der Waals surface area contributed by atoms with Gasteiger partial charge < -0.3 is 4.74 Å². The molecule has 0 radical (unpaired) electrons. The van der Waals surface area contributed by atoms with Crippen LogP contribution in [0.2, 0.25) is 0 Å². The van der Waals surface area contributed by atoms with Crippen LogP contribution in [0.25, 0.3) is 0 Å². The molecule has 0 saturated carbocycles. The molecule has 0 bridgehead atoms. The van der Waals surface area contributed by atoms with E-state index in [1.165, 1.54) is 0 Å². The highest BCUT2D eigenvalue weighted by Gasteiger charge is 2.00. The van der Waals surface area contributed by atoms with Crippen molar-refractivity contribution in [2.24, 2.45) is 5.10 Å². The highest BCUT2D eigenvalue weighted by atomic mass is 16.5. The van der Waals surface area contributed by atoms with Gasteiger partial charge in [-0.3, -0.25) is 0 Å². The van der Waals surface area contributed by atoms with Gasteiger partial charge in [-0.25, -0.2) is 4.68 Å². The van der Waals surface area contributed by atoms with Gasteiger partial charge in [-0.2, -0.15) is 5.10 Å². The van der Waals surface area contributed by atoms with Crippen molar-refractivity contribution in [2.45, 2.75) is 13.8 Å². The Morgan fingerprint density at radius 2 is 1.71 bits per heavy atom. The molecule has 0 spiro atoms. The maximum Gasteiger partial charge on any atom is 0.151 e. The topological polar surface area (TPSA) is 52.3 Å². The predicted molar refractivity (Wildman–Crippen MR) is 65.5 cm³/mol. The van der Waals surface area contributed by atoms with E-state index in [1.54, 1.807) is 18.0 Å². The van der Waals surface area contributed by atoms with Crippen LogP contribution in [0.15, 0.2) is 29.4 Å². The quantitative estimate of drug-likeness (QED) is 0.755. The first kappa shape index (κ1) is 11.3. The van der Waals surface area contributed by atoms with E-state index in [9.17, 15) is 0 Å². The van der Waals surface area contributed by atoms with Crippen molar-refractivity contribution < 1.29 is 4.74 Å². The normalized spacial score (nSPS) is 11.0. The third-order valence-corrected chi connectivity index (χ3v) is 2.39. The maximum atomic E-state index is 5.09. The SMILES string of the molecule is COc1ccc(/C=N/n2c(C)nnc2C)cc1. The van der Waals surface area contributed by atoms with Gasteiger partial charge in [0.05, 0.1) is 13.3 Å². The monoisotopic (exact) mass is 230 g/mol. The van der Waals surface area contributed by atoms with Crippen molar-refractivity contribution in [2.75, 3.05) is 7.11 Å². The molecule has 0 aliphatic carbocycles. The average Bonchev–Trinajstić information content (AvgIpc) is 2.67. The van der Waals surface area contributed by atoms with Crippen LogP contribution in [0.4, 0.5) is 0 Å². The Hall–Kier alpha value is -2.17. The second-order valence-corrected chi connectivity index (χ2v) is 3.62. The summed E-state index contributed by atoms with van der Waals surface area (Å²) in [6.07, 6.45) is 1.77. The summed E-state index contributed by atoms with van der Waals surface area (Å²) in [6, 6.07) is 7.68. The number of aromatic nitrogens is 3. The summed E-state index contributed by atoms with van der Waals surface area (Å²) in [5, 5.41) is 12.2. The zero-order chi connectivity index (χ0) is 12.3. The lowest BCUT2D eigenvalue weighted by Crippen LogP contribution is -1.96. The summed E-state index contributed by atoms with van der Waals surface area (Å²) >= 11 is 0. The molecule has 1 aromatic carbocycles. The maximum absolute atomic E-state index is 5.09. The Balaban J connectivity index is 2.20. The van der Waals surface area contributed by atoms with Crippen molar-refractivity contribution in [1.29, 1.82) is 0 Å². The van der Waals surface area contributed by atoms with Crippen molar-refractivity contribution in [3.8, 4) is 5.75 Å². The molecule has 0 aliphatic heterocycles. The Bertz CT molecular complexity index is 508. The third kappa shape index (κ3) is 2.50. The molecule has 88 valence electrons. The third-order valence-electron chi connectivity index (χ3n) is 2.39. The fraction of sp³-hybridized carbons (Fsp3) is 0.250. The largest absolute Gasteiger partial charge is 0.497 e. The number of nitrogens with zero attached hydrogens (tertiary/aromatic N) is 4. The highest BCUT2D eigenvalue weighted by Crippen LogP contribution is 2.10. The van der Waals surface area contributed by atoms with Crippen LogP contribution in [0.1, 0.15) is 17.2 Å². The summed E-state index contributed by atoms with van der Waals surface area (Å²) in [5.74, 6) is 2.37. The van der Waals surface area contributed by atoms with Crippen LogP contribution in [0.3, 0.4) is 0 Å². The van der Waals surface area contributed by atoms with Gasteiger partial charge >= 0.3 is 0 Å². The Morgan fingerprint density at radius 1 is 1.12 bits per heavy atom. The highest BCUT2D eigenvalue weighted by molar-refractivity contribution is 5.79. The second kappa shape index (κ2) is 4.78.